The second kappa shape index (κ2) is 5.27. The van der Waals surface area contributed by atoms with E-state index >= 15 is 0 Å². The number of nitrogens with zero attached hydrogens (tertiary/aromatic N) is 3. The zero-order chi connectivity index (χ0) is 14.4. The molecule has 2 saturated heterocycles. The van der Waals surface area contributed by atoms with Crippen LogP contribution in [0.15, 0.2) is 18.3 Å². The molecule has 0 aliphatic carbocycles. The molecule has 0 saturated carbocycles. The molecule has 2 aromatic rings. The van der Waals surface area contributed by atoms with Gasteiger partial charge in [0.05, 0.1) is 31.0 Å². The van der Waals surface area contributed by atoms with Gasteiger partial charge in [0.1, 0.15) is 0 Å². The van der Waals surface area contributed by atoms with Crippen molar-refractivity contribution < 1.29 is 4.74 Å². The molecule has 0 unspecified atom stereocenters. The molecule has 1 aromatic heterocycles. The largest absolute Gasteiger partial charge is 0.378 e. The van der Waals surface area contributed by atoms with Crippen molar-refractivity contribution in [3.8, 4) is 0 Å². The predicted octanol–water partition coefficient (Wildman–Crippen LogP) is 2.80. The minimum absolute atomic E-state index is 0.564. The number of aromatic nitrogens is 2. The molecule has 0 N–H and O–H groups in total. The summed E-state index contributed by atoms with van der Waals surface area (Å²) in [6, 6.07) is 4.95. The van der Waals surface area contributed by atoms with Crippen molar-refractivity contribution in [3.63, 3.8) is 0 Å². The van der Waals surface area contributed by atoms with E-state index in [4.69, 9.17) is 16.3 Å². The van der Waals surface area contributed by atoms with Crippen LogP contribution in [0.25, 0.3) is 10.9 Å². The maximum atomic E-state index is 6.51. The quantitative estimate of drug-likeness (QED) is 0.855. The van der Waals surface area contributed by atoms with Crippen LogP contribution in [-0.4, -0.2) is 47.0 Å². The van der Waals surface area contributed by atoms with Crippen molar-refractivity contribution in [3.05, 3.63) is 28.9 Å². The lowest BCUT2D eigenvalue weighted by Gasteiger charge is -2.41. The molecule has 21 heavy (non-hydrogen) atoms. The van der Waals surface area contributed by atoms with Crippen LogP contribution in [0, 0.1) is 0 Å². The van der Waals surface area contributed by atoms with Crippen LogP contribution in [0.5, 0.6) is 0 Å². The Labute approximate surface area is 129 Å². The molecule has 5 heteroatoms. The van der Waals surface area contributed by atoms with Crippen LogP contribution >= 0.6 is 11.6 Å². The van der Waals surface area contributed by atoms with Crippen molar-refractivity contribution in [2.75, 3.05) is 26.3 Å². The minimum Gasteiger partial charge on any atom is -0.378 e. The Kier molecular flexibility index (Phi) is 3.40. The van der Waals surface area contributed by atoms with E-state index in [-0.39, 0.29) is 0 Å². The molecule has 112 valence electrons. The van der Waals surface area contributed by atoms with Gasteiger partial charge in [0.25, 0.3) is 0 Å². The van der Waals surface area contributed by atoms with Gasteiger partial charge in [-0.1, -0.05) is 11.6 Å². The van der Waals surface area contributed by atoms with E-state index in [0.717, 1.165) is 36.7 Å². The fourth-order valence-electron chi connectivity index (χ4n) is 3.51. The highest BCUT2D eigenvalue weighted by Gasteiger charge is 2.30. The molecule has 0 spiro atoms. The van der Waals surface area contributed by atoms with Gasteiger partial charge < -0.3 is 4.74 Å². The SMILES string of the molecule is Cn1ncc2cc(Cl)c(C3CCN(C4COC4)CC3)cc21. The Morgan fingerprint density at radius 3 is 2.67 bits per heavy atom. The molecular formula is C16H20ClN3O. The molecule has 0 amide bonds. The molecule has 3 heterocycles. The number of likely N-dealkylation sites (tertiary alicyclic amines) is 1. The van der Waals surface area contributed by atoms with Gasteiger partial charge in [-0.15, -0.1) is 0 Å². The molecule has 0 atom stereocenters. The Morgan fingerprint density at radius 2 is 2.00 bits per heavy atom. The summed E-state index contributed by atoms with van der Waals surface area (Å²) >= 11 is 6.51. The Bertz CT molecular complexity index is 657. The number of aryl methyl sites for hydroxylation is 1. The van der Waals surface area contributed by atoms with Crippen LogP contribution in [0.4, 0.5) is 0 Å². The number of ether oxygens (including phenoxy) is 1. The van der Waals surface area contributed by atoms with Crippen LogP contribution in [0.3, 0.4) is 0 Å². The molecule has 1 aromatic carbocycles. The number of rotatable bonds is 2. The van der Waals surface area contributed by atoms with Gasteiger partial charge in [0, 0.05) is 17.5 Å². The van der Waals surface area contributed by atoms with Crippen molar-refractivity contribution >= 4 is 22.5 Å². The maximum absolute atomic E-state index is 6.51. The molecule has 2 aliphatic rings. The number of benzene rings is 1. The Balaban J connectivity index is 1.56. The Morgan fingerprint density at radius 1 is 1.24 bits per heavy atom. The lowest BCUT2D eigenvalue weighted by atomic mass is 9.88. The number of hydrogen-bond acceptors (Lipinski definition) is 3. The minimum atomic E-state index is 0.564. The first-order valence-electron chi connectivity index (χ1n) is 7.65. The molecule has 2 aliphatic heterocycles. The van der Waals surface area contributed by atoms with E-state index in [1.807, 2.05) is 17.9 Å². The standard InChI is InChI=1S/C16H20ClN3O/c1-19-16-7-14(15(17)6-12(16)8-18-19)11-2-4-20(5-3-11)13-9-21-10-13/h6-8,11,13H,2-5,9-10H2,1H3. The van der Waals surface area contributed by atoms with Crippen LogP contribution in [0.2, 0.25) is 5.02 Å². The summed E-state index contributed by atoms with van der Waals surface area (Å²) in [5, 5.41) is 6.32. The number of fused-ring (bicyclic) bond motifs is 1. The van der Waals surface area contributed by atoms with Crippen molar-refractivity contribution in [1.82, 2.24) is 14.7 Å². The summed E-state index contributed by atoms with van der Waals surface area (Å²) in [7, 11) is 1.99. The van der Waals surface area contributed by atoms with Crippen molar-refractivity contribution in [1.29, 1.82) is 0 Å². The summed E-state index contributed by atoms with van der Waals surface area (Å²) < 4.78 is 7.23. The summed E-state index contributed by atoms with van der Waals surface area (Å²) in [5.41, 5.74) is 2.46. The molecule has 4 nitrogen and oxygen atoms in total. The highest BCUT2D eigenvalue weighted by atomic mass is 35.5. The first kappa shape index (κ1) is 13.6. The summed E-state index contributed by atoms with van der Waals surface area (Å²) in [6.45, 7) is 4.12. The number of hydrogen-bond donors (Lipinski definition) is 0. The normalized spacial score (nSPS) is 21.8. The highest BCUT2D eigenvalue weighted by Crippen LogP contribution is 2.36. The zero-order valence-electron chi connectivity index (χ0n) is 12.3. The average molecular weight is 306 g/mol. The third-order valence-electron chi connectivity index (χ3n) is 4.97. The zero-order valence-corrected chi connectivity index (χ0v) is 13.0. The lowest BCUT2D eigenvalue weighted by molar-refractivity contribution is -0.0712. The van der Waals surface area contributed by atoms with Crippen molar-refractivity contribution in [2.24, 2.45) is 7.05 Å². The van der Waals surface area contributed by atoms with E-state index in [0.29, 0.717) is 12.0 Å². The molecule has 0 radical (unpaired) electrons. The van der Waals surface area contributed by atoms with Gasteiger partial charge >= 0.3 is 0 Å². The summed E-state index contributed by atoms with van der Waals surface area (Å²) in [4.78, 5) is 2.57. The van der Waals surface area contributed by atoms with Gasteiger partial charge in [0.2, 0.25) is 0 Å². The average Bonchev–Trinajstić information content (AvgIpc) is 2.78. The Hall–Kier alpha value is -1.10. The second-order valence-electron chi connectivity index (χ2n) is 6.20. The third-order valence-corrected chi connectivity index (χ3v) is 5.30. The smallest absolute Gasteiger partial charge is 0.0682 e. The van der Waals surface area contributed by atoms with E-state index in [1.54, 1.807) is 0 Å². The number of halogens is 1. The maximum Gasteiger partial charge on any atom is 0.0682 e. The fraction of sp³-hybridized carbons (Fsp3) is 0.562. The molecule has 4 rings (SSSR count). The van der Waals surface area contributed by atoms with Gasteiger partial charge in [-0.25, -0.2) is 0 Å². The third kappa shape index (κ3) is 2.35. The van der Waals surface area contributed by atoms with E-state index in [1.165, 1.54) is 23.9 Å². The molecule has 2 fully saturated rings. The topological polar surface area (TPSA) is 30.3 Å². The van der Waals surface area contributed by atoms with Crippen LogP contribution in [0.1, 0.15) is 24.3 Å². The van der Waals surface area contributed by atoms with Gasteiger partial charge in [-0.05, 0) is 49.5 Å². The van der Waals surface area contributed by atoms with Crippen molar-refractivity contribution in [2.45, 2.75) is 24.8 Å². The van der Waals surface area contributed by atoms with Gasteiger partial charge in [0.15, 0.2) is 0 Å². The van der Waals surface area contributed by atoms with Crippen LogP contribution < -0.4 is 0 Å². The highest BCUT2D eigenvalue weighted by molar-refractivity contribution is 6.32. The predicted molar refractivity (Wildman–Crippen MR) is 83.9 cm³/mol. The summed E-state index contributed by atoms with van der Waals surface area (Å²) in [5.74, 6) is 0.564. The van der Waals surface area contributed by atoms with Gasteiger partial charge in [-0.3, -0.25) is 9.58 Å². The fourth-order valence-corrected chi connectivity index (χ4v) is 3.84. The first-order chi connectivity index (χ1) is 10.2. The number of piperidine rings is 1. The monoisotopic (exact) mass is 305 g/mol. The second-order valence-corrected chi connectivity index (χ2v) is 6.61. The molecule has 0 bridgehead atoms. The molecular weight excluding hydrogens is 286 g/mol. The van der Waals surface area contributed by atoms with Crippen LogP contribution in [-0.2, 0) is 11.8 Å². The van der Waals surface area contributed by atoms with E-state index < -0.39 is 0 Å². The lowest BCUT2D eigenvalue weighted by Crippen LogP contribution is -2.51. The van der Waals surface area contributed by atoms with Gasteiger partial charge in [-0.2, -0.15) is 5.10 Å². The summed E-state index contributed by atoms with van der Waals surface area (Å²) in [6.07, 6.45) is 4.24. The first-order valence-corrected chi connectivity index (χ1v) is 8.03. The van der Waals surface area contributed by atoms with E-state index in [9.17, 15) is 0 Å². The van der Waals surface area contributed by atoms with E-state index in [2.05, 4.69) is 22.1 Å².